The minimum Gasteiger partial charge on any atom is -0.198 e. The lowest BCUT2D eigenvalue weighted by molar-refractivity contribution is -0.665. The molecule has 1 heteroatoms. The van der Waals surface area contributed by atoms with Crippen molar-refractivity contribution in [1.29, 1.82) is 0 Å². The maximum atomic E-state index is 2.35. The molecule has 0 aliphatic heterocycles. The lowest BCUT2D eigenvalue weighted by atomic mass is 9.69. The van der Waals surface area contributed by atoms with Crippen molar-refractivity contribution < 1.29 is 4.57 Å². The Hall–Kier alpha value is -2.15. The van der Waals surface area contributed by atoms with E-state index in [9.17, 15) is 0 Å². The molecule has 0 amide bonds. The van der Waals surface area contributed by atoms with Gasteiger partial charge in [-0.1, -0.05) is 50.2 Å². The van der Waals surface area contributed by atoms with Gasteiger partial charge in [-0.3, -0.25) is 0 Å². The first-order chi connectivity index (χ1) is 10.4. The van der Waals surface area contributed by atoms with Crippen molar-refractivity contribution in [2.24, 2.45) is 7.05 Å². The van der Waals surface area contributed by atoms with E-state index in [0.717, 1.165) is 0 Å². The van der Waals surface area contributed by atoms with Crippen LogP contribution in [0.5, 0.6) is 0 Å². The maximum Gasteiger partial charge on any atom is 0.221 e. The molecule has 0 saturated heterocycles. The summed E-state index contributed by atoms with van der Waals surface area (Å²) in [7, 11) is 2.19. The molecule has 3 aromatic rings. The molecule has 0 N–H and O–H groups in total. The number of aryl methyl sites for hydroxylation is 2. The number of hydrogen-bond acceptors (Lipinski definition) is 0. The van der Waals surface area contributed by atoms with Gasteiger partial charge in [-0.05, 0) is 29.0 Å². The zero-order valence-electron chi connectivity index (χ0n) is 14.0. The van der Waals surface area contributed by atoms with E-state index >= 15 is 0 Å². The molecule has 0 saturated carbocycles. The fourth-order valence-corrected chi connectivity index (χ4v) is 4.08. The van der Waals surface area contributed by atoms with Crippen LogP contribution in [0.4, 0.5) is 0 Å². The molecule has 0 atom stereocenters. The van der Waals surface area contributed by atoms with Gasteiger partial charge in [0, 0.05) is 18.4 Å². The highest BCUT2D eigenvalue weighted by Crippen LogP contribution is 2.48. The van der Waals surface area contributed by atoms with Gasteiger partial charge in [-0.2, -0.15) is 4.57 Å². The van der Waals surface area contributed by atoms with Gasteiger partial charge in [0.1, 0.15) is 7.05 Å². The summed E-state index contributed by atoms with van der Waals surface area (Å²) in [5, 5.41) is 2.77. The number of aromatic nitrogens is 1. The third kappa shape index (κ3) is 1.51. The smallest absolute Gasteiger partial charge is 0.198 e. The molecule has 0 unspecified atom stereocenters. The molecule has 22 heavy (non-hydrogen) atoms. The molecule has 1 aromatic heterocycles. The Morgan fingerprint density at radius 1 is 0.909 bits per heavy atom. The van der Waals surface area contributed by atoms with Crippen LogP contribution >= 0.6 is 0 Å². The highest BCUT2D eigenvalue weighted by molar-refractivity contribution is 6.00. The molecule has 1 aliphatic rings. The first kappa shape index (κ1) is 13.5. The number of hydrogen-bond donors (Lipinski definition) is 0. The summed E-state index contributed by atoms with van der Waals surface area (Å²) in [4.78, 5) is 0. The van der Waals surface area contributed by atoms with Crippen molar-refractivity contribution in [2.45, 2.75) is 33.1 Å². The van der Waals surface area contributed by atoms with Crippen LogP contribution < -0.4 is 4.57 Å². The van der Waals surface area contributed by atoms with E-state index in [1.165, 1.54) is 44.4 Å². The van der Waals surface area contributed by atoms with Crippen molar-refractivity contribution in [3.05, 3.63) is 64.8 Å². The summed E-state index contributed by atoms with van der Waals surface area (Å²) in [6.45, 7) is 9.13. The van der Waals surface area contributed by atoms with Crippen molar-refractivity contribution in [1.82, 2.24) is 0 Å². The Kier molecular flexibility index (Phi) is 2.57. The van der Waals surface area contributed by atoms with Crippen molar-refractivity contribution >= 4 is 10.8 Å². The lowest BCUT2D eigenvalue weighted by Crippen LogP contribution is -2.38. The summed E-state index contributed by atoms with van der Waals surface area (Å²) in [6, 6.07) is 15.8. The second-order valence-corrected chi connectivity index (χ2v) is 7.09. The molecular weight excluding hydrogens is 266 g/mol. The van der Waals surface area contributed by atoms with E-state index in [-0.39, 0.29) is 5.41 Å². The van der Waals surface area contributed by atoms with Crippen LogP contribution in [0.3, 0.4) is 0 Å². The van der Waals surface area contributed by atoms with E-state index in [1.807, 2.05) is 0 Å². The standard InChI is InChI=1S/C21H22N/c1-13-8-6-10-16-18(13)20-19-15(12-14(2)22(20)5)9-7-11-17(19)21(16,3)4/h6-12H,1-5H3/q+1. The normalized spacial score (nSPS) is 15.0. The molecule has 0 fully saturated rings. The monoisotopic (exact) mass is 288 g/mol. The largest absolute Gasteiger partial charge is 0.221 e. The van der Waals surface area contributed by atoms with Crippen LogP contribution in [0.15, 0.2) is 42.5 Å². The van der Waals surface area contributed by atoms with Crippen molar-refractivity contribution in [3.63, 3.8) is 0 Å². The molecule has 4 rings (SSSR count). The van der Waals surface area contributed by atoms with Crippen molar-refractivity contribution in [3.8, 4) is 11.3 Å². The van der Waals surface area contributed by atoms with E-state index in [4.69, 9.17) is 0 Å². The Balaban J connectivity index is 2.35. The van der Waals surface area contributed by atoms with Gasteiger partial charge < -0.3 is 0 Å². The lowest BCUT2D eigenvalue weighted by Gasteiger charge is -2.34. The van der Waals surface area contributed by atoms with Crippen LogP contribution in [0.25, 0.3) is 22.0 Å². The Morgan fingerprint density at radius 2 is 1.59 bits per heavy atom. The van der Waals surface area contributed by atoms with Gasteiger partial charge in [0.2, 0.25) is 5.69 Å². The number of fused-ring (bicyclic) bond motifs is 2. The van der Waals surface area contributed by atoms with E-state index in [0.29, 0.717) is 0 Å². The molecular formula is C21H22N+. The van der Waals surface area contributed by atoms with Gasteiger partial charge in [-0.15, -0.1) is 0 Å². The van der Waals surface area contributed by atoms with Gasteiger partial charge >= 0.3 is 0 Å². The fraction of sp³-hybridized carbons (Fsp3) is 0.286. The Morgan fingerprint density at radius 3 is 2.36 bits per heavy atom. The Bertz CT molecular complexity index is 932. The van der Waals surface area contributed by atoms with Gasteiger partial charge in [-0.25, -0.2) is 0 Å². The first-order valence-corrected chi connectivity index (χ1v) is 7.96. The average molecular weight is 288 g/mol. The SMILES string of the molecule is Cc1cccc2c1-c1c3c(cccc3cc(C)[n+]1C)C2(C)C. The minimum atomic E-state index is 0.0378. The molecule has 1 nitrogen and oxygen atoms in total. The fourth-order valence-electron chi connectivity index (χ4n) is 4.08. The summed E-state index contributed by atoms with van der Waals surface area (Å²) in [6.07, 6.45) is 0. The number of pyridine rings is 1. The number of benzene rings is 2. The molecule has 1 aliphatic carbocycles. The first-order valence-electron chi connectivity index (χ1n) is 7.96. The second kappa shape index (κ2) is 4.19. The van der Waals surface area contributed by atoms with Gasteiger partial charge in [0.15, 0.2) is 5.69 Å². The van der Waals surface area contributed by atoms with Crippen LogP contribution in [0.1, 0.15) is 36.2 Å². The predicted octanol–water partition coefficient (Wildman–Crippen LogP) is 4.59. The number of rotatable bonds is 0. The van der Waals surface area contributed by atoms with Gasteiger partial charge in [0.05, 0.1) is 10.9 Å². The maximum absolute atomic E-state index is 2.35. The van der Waals surface area contributed by atoms with E-state index in [1.54, 1.807) is 0 Å². The van der Waals surface area contributed by atoms with Gasteiger partial charge in [0.25, 0.3) is 0 Å². The predicted molar refractivity (Wildman–Crippen MR) is 92.2 cm³/mol. The third-order valence-electron chi connectivity index (χ3n) is 5.42. The molecule has 1 heterocycles. The van der Waals surface area contributed by atoms with Crippen molar-refractivity contribution in [2.75, 3.05) is 0 Å². The van der Waals surface area contributed by atoms with E-state index < -0.39 is 0 Å². The summed E-state index contributed by atoms with van der Waals surface area (Å²) in [5.41, 5.74) is 8.37. The third-order valence-corrected chi connectivity index (χ3v) is 5.42. The summed E-state index contributed by atoms with van der Waals surface area (Å²) < 4.78 is 2.35. The topological polar surface area (TPSA) is 3.88 Å². The minimum absolute atomic E-state index is 0.0378. The molecule has 0 radical (unpaired) electrons. The molecule has 110 valence electrons. The van der Waals surface area contributed by atoms with Crippen LogP contribution in [0, 0.1) is 13.8 Å². The highest BCUT2D eigenvalue weighted by atomic mass is 14.9. The van der Waals surface area contributed by atoms with E-state index in [2.05, 4.69) is 81.8 Å². The quantitative estimate of drug-likeness (QED) is 0.533. The van der Waals surface area contributed by atoms with Crippen LogP contribution in [-0.2, 0) is 12.5 Å². The highest BCUT2D eigenvalue weighted by Gasteiger charge is 2.38. The summed E-state index contributed by atoms with van der Waals surface area (Å²) >= 11 is 0. The second-order valence-electron chi connectivity index (χ2n) is 7.09. The molecule has 0 spiro atoms. The summed E-state index contributed by atoms with van der Waals surface area (Å²) in [5.74, 6) is 0. The van der Waals surface area contributed by atoms with Crippen LogP contribution in [-0.4, -0.2) is 0 Å². The number of nitrogens with zero attached hydrogens (tertiary/aromatic N) is 1. The Labute approximate surface area is 132 Å². The molecule has 2 aromatic carbocycles. The van der Waals surface area contributed by atoms with Crippen LogP contribution in [0.2, 0.25) is 0 Å². The zero-order chi connectivity index (χ0) is 15.6. The zero-order valence-corrected chi connectivity index (χ0v) is 14.0. The average Bonchev–Trinajstić information content (AvgIpc) is 2.48. The molecule has 0 bridgehead atoms.